The molecule has 0 aliphatic rings. The molecule has 6 heteroatoms. The summed E-state index contributed by atoms with van der Waals surface area (Å²) in [6.07, 6.45) is 0. The number of rotatable bonds is 3. The van der Waals surface area contributed by atoms with Crippen molar-refractivity contribution in [2.75, 3.05) is 12.4 Å². The van der Waals surface area contributed by atoms with E-state index in [1.165, 1.54) is 7.11 Å². The second-order valence-corrected chi connectivity index (χ2v) is 4.48. The van der Waals surface area contributed by atoms with Crippen molar-refractivity contribution in [2.24, 2.45) is 0 Å². The maximum atomic E-state index is 11.3. The molecule has 1 N–H and O–H groups in total. The first-order valence-electron chi connectivity index (χ1n) is 4.77. The number of thiazole rings is 1. The Hall–Kier alpha value is -1.59. The molecule has 0 amide bonds. The highest BCUT2D eigenvalue weighted by molar-refractivity contribution is 7.18. The van der Waals surface area contributed by atoms with E-state index < -0.39 is 5.97 Å². The molecule has 88 valence electrons. The monoisotopic (exact) mass is 268 g/mol. The molecule has 2 rings (SSSR count). The average molecular weight is 269 g/mol. The number of hydrogen-bond donors (Lipinski definition) is 1. The number of halogens is 1. The topological polar surface area (TPSA) is 51.2 Å². The van der Waals surface area contributed by atoms with Gasteiger partial charge in [-0.1, -0.05) is 41.1 Å². The van der Waals surface area contributed by atoms with Crippen LogP contribution in [0.1, 0.15) is 9.67 Å². The molecular formula is C11H9ClN2O2S. The fourth-order valence-electron chi connectivity index (χ4n) is 1.22. The number of aromatic nitrogens is 1. The molecule has 0 fully saturated rings. The highest BCUT2D eigenvalue weighted by Gasteiger charge is 2.17. The van der Waals surface area contributed by atoms with Crippen LogP contribution in [0.15, 0.2) is 30.3 Å². The van der Waals surface area contributed by atoms with E-state index in [0.29, 0.717) is 10.0 Å². The molecule has 0 bridgehead atoms. The molecule has 4 nitrogen and oxygen atoms in total. The van der Waals surface area contributed by atoms with Gasteiger partial charge in [-0.15, -0.1) is 0 Å². The van der Waals surface area contributed by atoms with E-state index in [-0.39, 0.29) is 5.15 Å². The Kier molecular flexibility index (Phi) is 3.61. The third kappa shape index (κ3) is 2.75. The summed E-state index contributed by atoms with van der Waals surface area (Å²) in [5.41, 5.74) is 0.884. The van der Waals surface area contributed by atoms with Gasteiger partial charge >= 0.3 is 5.97 Å². The lowest BCUT2D eigenvalue weighted by molar-refractivity contribution is 0.0606. The Balaban J connectivity index is 2.21. The molecule has 0 unspecified atom stereocenters. The van der Waals surface area contributed by atoms with E-state index >= 15 is 0 Å². The molecule has 1 aromatic heterocycles. The van der Waals surface area contributed by atoms with E-state index in [4.69, 9.17) is 11.6 Å². The standard InChI is InChI=1S/C11H9ClN2O2S/c1-16-10(15)8-9(12)14-11(17-8)13-7-5-3-2-4-6-7/h2-6H,1H3,(H,13,14). The predicted molar refractivity (Wildman–Crippen MR) is 68.2 cm³/mol. The Bertz CT molecular complexity index is 528. The van der Waals surface area contributed by atoms with Gasteiger partial charge in [0.05, 0.1) is 7.11 Å². The van der Waals surface area contributed by atoms with Crippen molar-refractivity contribution in [3.05, 3.63) is 40.4 Å². The Morgan fingerprint density at radius 1 is 1.41 bits per heavy atom. The molecule has 0 aliphatic heterocycles. The first-order chi connectivity index (χ1) is 8.20. The van der Waals surface area contributed by atoms with Gasteiger partial charge in [-0.2, -0.15) is 0 Å². The van der Waals surface area contributed by atoms with Crippen LogP contribution in [-0.2, 0) is 4.74 Å². The Morgan fingerprint density at radius 3 is 2.76 bits per heavy atom. The van der Waals surface area contributed by atoms with E-state index in [1.807, 2.05) is 30.3 Å². The number of nitrogens with zero attached hydrogens (tertiary/aromatic N) is 1. The molecule has 1 heterocycles. The van der Waals surface area contributed by atoms with Gasteiger partial charge in [-0.25, -0.2) is 9.78 Å². The molecule has 1 aromatic carbocycles. The summed E-state index contributed by atoms with van der Waals surface area (Å²) in [6.45, 7) is 0. The van der Waals surface area contributed by atoms with Gasteiger partial charge in [0.1, 0.15) is 0 Å². The number of nitrogens with one attached hydrogen (secondary N) is 1. The van der Waals surface area contributed by atoms with Crippen LogP contribution < -0.4 is 5.32 Å². The van der Waals surface area contributed by atoms with Crippen molar-refractivity contribution >= 4 is 39.7 Å². The lowest BCUT2D eigenvalue weighted by Gasteiger charge is -2.00. The highest BCUT2D eigenvalue weighted by Crippen LogP contribution is 2.29. The van der Waals surface area contributed by atoms with Crippen LogP contribution in [-0.4, -0.2) is 18.1 Å². The second kappa shape index (κ2) is 5.16. The number of anilines is 2. The molecule has 0 spiro atoms. The van der Waals surface area contributed by atoms with Crippen LogP contribution >= 0.6 is 22.9 Å². The van der Waals surface area contributed by atoms with Crippen molar-refractivity contribution in [1.82, 2.24) is 4.98 Å². The van der Waals surface area contributed by atoms with Crippen LogP contribution in [0.2, 0.25) is 5.15 Å². The zero-order chi connectivity index (χ0) is 12.3. The average Bonchev–Trinajstić information content (AvgIpc) is 2.70. The fraction of sp³-hybridized carbons (Fsp3) is 0.0909. The third-order valence-electron chi connectivity index (χ3n) is 1.98. The molecule has 0 radical (unpaired) electrons. The Labute approximate surface area is 107 Å². The lowest BCUT2D eigenvalue weighted by Crippen LogP contribution is -1.98. The minimum Gasteiger partial charge on any atom is -0.465 e. The molecule has 2 aromatic rings. The number of hydrogen-bond acceptors (Lipinski definition) is 5. The smallest absolute Gasteiger partial charge is 0.351 e. The number of carbonyl (C=O) groups is 1. The highest BCUT2D eigenvalue weighted by atomic mass is 35.5. The maximum Gasteiger partial charge on any atom is 0.351 e. The summed E-state index contributed by atoms with van der Waals surface area (Å²) < 4.78 is 4.60. The summed E-state index contributed by atoms with van der Waals surface area (Å²) >= 11 is 7.00. The number of ether oxygens (including phenoxy) is 1. The van der Waals surface area contributed by atoms with Gasteiger partial charge in [-0.3, -0.25) is 0 Å². The van der Waals surface area contributed by atoms with Crippen LogP contribution in [0.3, 0.4) is 0 Å². The maximum absolute atomic E-state index is 11.3. The largest absolute Gasteiger partial charge is 0.465 e. The summed E-state index contributed by atoms with van der Waals surface area (Å²) in [5.74, 6) is -0.478. The first-order valence-corrected chi connectivity index (χ1v) is 5.97. The predicted octanol–water partition coefficient (Wildman–Crippen LogP) is 3.33. The molecule has 0 saturated carbocycles. The van der Waals surface area contributed by atoms with Gasteiger partial charge in [0.15, 0.2) is 15.2 Å². The number of methoxy groups -OCH3 is 1. The van der Waals surface area contributed by atoms with E-state index in [1.54, 1.807) is 0 Å². The van der Waals surface area contributed by atoms with Crippen LogP contribution in [0.4, 0.5) is 10.8 Å². The van der Waals surface area contributed by atoms with Crippen molar-refractivity contribution < 1.29 is 9.53 Å². The summed E-state index contributed by atoms with van der Waals surface area (Å²) in [6, 6.07) is 9.51. The van der Waals surface area contributed by atoms with Crippen molar-refractivity contribution in [3.63, 3.8) is 0 Å². The molecule has 0 saturated heterocycles. The normalized spacial score (nSPS) is 10.0. The van der Waals surface area contributed by atoms with Crippen molar-refractivity contribution in [3.8, 4) is 0 Å². The van der Waals surface area contributed by atoms with E-state index in [2.05, 4.69) is 15.0 Å². The molecule has 17 heavy (non-hydrogen) atoms. The fourth-order valence-corrected chi connectivity index (χ4v) is 2.34. The van der Waals surface area contributed by atoms with Gasteiger partial charge < -0.3 is 10.1 Å². The number of benzene rings is 1. The number of carbonyl (C=O) groups excluding carboxylic acids is 1. The van der Waals surface area contributed by atoms with Crippen LogP contribution in [0.25, 0.3) is 0 Å². The lowest BCUT2D eigenvalue weighted by atomic mass is 10.3. The summed E-state index contributed by atoms with van der Waals surface area (Å²) in [4.78, 5) is 15.7. The van der Waals surface area contributed by atoms with Crippen molar-refractivity contribution in [2.45, 2.75) is 0 Å². The van der Waals surface area contributed by atoms with Crippen LogP contribution in [0, 0.1) is 0 Å². The minimum absolute atomic E-state index is 0.153. The first kappa shape index (κ1) is 11.9. The SMILES string of the molecule is COC(=O)c1sc(Nc2ccccc2)nc1Cl. The number of para-hydroxylation sites is 1. The van der Waals surface area contributed by atoms with Gasteiger partial charge in [0.25, 0.3) is 0 Å². The summed E-state index contributed by atoms with van der Waals surface area (Å²) in [7, 11) is 1.31. The zero-order valence-electron chi connectivity index (χ0n) is 8.94. The zero-order valence-corrected chi connectivity index (χ0v) is 10.5. The molecular weight excluding hydrogens is 260 g/mol. The third-order valence-corrected chi connectivity index (χ3v) is 3.32. The quantitative estimate of drug-likeness (QED) is 0.868. The van der Waals surface area contributed by atoms with Crippen LogP contribution in [0.5, 0.6) is 0 Å². The summed E-state index contributed by atoms with van der Waals surface area (Å²) in [5, 5.41) is 3.77. The van der Waals surface area contributed by atoms with Crippen molar-refractivity contribution in [1.29, 1.82) is 0 Å². The van der Waals surface area contributed by atoms with Gasteiger partial charge in [0, 0.05) is 5.69 Å². The Morgan fingerprint density at radius 2 is 2.12 bits per heavy atom. The minimum atomic E-state index is -0.478. The van der Waals surface area contributed by atoms with E-state index in [9.17, 15) is 4.79 Å². The van der Waals surface area contributed by atoms with Gasteiger partial charge in [0.2, 0.25) is 0 Å². The number of esters is 1. The van der Waals surface area contributed by atoms with Gasteiger partial charge in [-0.05, 0) is 12.1 Å². The second-order valence-electron chi connectivity index (χ2n) is 3.12. The molecule has 0 atom stereocenters. The van der Waals surface area contributed by atoms with E-state index in [0.717, 1.165) is 17.0 Å². The molecule has 0 aliphatic carbocycles.